The normalized spacial score (nSPS) is 15.3. The van der Waals surface area contributed by atoms with E-state index in [0.717, 1.165) is 56.0 Å². The van der Waals surface area contributed by atoms with E-state index in [1.54, 1.807) is 0 Å². The number of nitrogens with zero attached hydrogens (tertiary/aromatic N) is 3. The van der Waals surface area contributed by atoms with Crippen molar-refractivity contribution >= 4 is 47.2 Å². The van der Waals surface area contributed by atoms with Crippen LogP contribution >= 0.6 is 35.6 Å². The fraction of sp³-hybridized carbons (Fsp3) is 0.562. The molecule has 0 saturated carbocycles. The third kappa shape index (κ3) is 6.00. The van der Waals surface area contributed by atoms with Crippen LogP contribution in [0.15, 0.2) is 29.3 Å². The Kier molecular flexibility index (Phi) is 9.66. The fourth-order valence-corrected chi connectivity index (χ4v) is 2.83. The minimum absolute atomic E-state index is 0. The summed E-state index contributed by atoms with van der Waals surface area (Å²) in [5.41, 5.74) is 1.11. The van der Waals surface area contributed by atoms with Gasteiger partial charge in [-0.3, -0.25) is 4.99 Å². The summed E-state index contributed by atoms with van der Waals surface area (Å²) in [5, 5.41) is 4.16. The number of para-hydroxylation sites is 1. The molecule has 0 amide bonds. The molecule has 0 bridgehead atoms. The Morgan fingerprint density at radius 2 is 1.96 bits per heavy atom. The smallest absolute Gasteiger partial charge is 0.193 e. The molecule has 0 atom stereocenters. The van der Waals surface area contributed by atoms with Gasteiger partial charge >= 0.3 is 0 Å². The topological polar surface area (TPSA) is 40.1 Å². The van der Waals surface area contributed by atoms with Crippen molar-refractivity contribution in [3.05, 3.63) is 29.3 Å². The molecule has 1 aromatic rings. The lowest BCUT2D eigenvalue weighted by Crippen LogP contribution is -2.53. The Balaban J connectivity index is 0.00000264. The largest absolute Gasteiger partial charge is 0.380 e. The van der Waals surface area contributed by atoms with Crippen LogP contribution in [0.5, 0.6) is 0 Å². The van der Waals surface area contributed by atoms with Gasteiger partial charge in [-0.05, 0) is 19.1 Å². The SMILES string of the molecule is CCOCCNC(=NC)N1CCN(c2ccccc2Cl)CC1.I. The zero-order valence-corrected chi connectivity index (χ0v) is 16.9. The highest BCUT2D eigenvalue weighted by molar-refractivity contribution is 14.0. The average molecular weight is 453 g/mol. The second-order valence-corrected chi connectivity index (χ2v) is 5.50. The summed E-state index contributed by atoms with van der Waals surface area (Å²) in [6, 6.07) is 8.01. The molecule has 7 heteroatoms. The molecule has 0 spiro atoms. The Bertz CT molecular complexity index is 493. The minimum atomic E-state index is 0. The van der Waals surface area contributed by atoms with Crippen molar-refractivity contribution in [3.8, 4) is 0 Å². The lowest BCUT2D eigenvalue weighted by molar-refractivity contribution is 0.151. The third-order valence-corrected chi connectivity index (χ3v) is 4.04. The van der Waals surface area contributed by atoms with Gasteiger partial charge in [0.05, 0.1) is 17.3 Å². The highest BCUT2D eigenvalue weighted by atomic mass is 127. The Morgan fingerprint density at radius 1 is 1.26 bits per heavy atom. The van der Waals surface area contributed by atoms with E-state index >= 15 is 0 Å². The molecule has 23 heavy (non-hydrogen) atoms. The van der Waals surface area contributed by atoms with Crippen LogP contribution < -0.4 is 10.2 Å². The van der Waals surface area contributed by atoms with Crippen LogP contribution in [0.3, 0.4) is 0 Å². The number of anilines is 1. The molecule has 1 aliphatic rings. The molecule has 1 aliphatic heterocycles. The molecule has 1 aromatic carbocycles. The predicted octanol–water partition coefficient (Wildman–Crippen LogP) is 2.69. The lowest BCUT2D eigenvalue weighted by atomic mass is 10.2. The molecule has 0 radical (unpaired) electrons. The number of nitrogens with one attached hydrogen (secondary N) is 1. The molecule has 0 aromatic heterocycles. The van der Waals surface area contributed by atoms with Gasteiger partial charge < -0.3 is 19.9 Å². The van der Waals surface area contributed by atoms with Crippen LogP contribution in [0.1, 0.15) is 6.92 Å². The minimum Gasteiger partial charge on any atom is -0.380 e. The van der Waals surface area contributed by atoms with Crippen molar-refractivity contribution in [3.63, 3.8) is 0 Å². The van der Waals surface area contributed by atoms with E-state index in [0.29, 0.717) is 6.61 Å². The van der Waals surface area contributed by atoms with Crippen molar-refractivity contribution in [1.82, 2.24) is 10.2 Å². The number of piperazine rings is 1. The summed E-state index contributed by atoms with van der Waals surface area (Å²) in [5.74, 6) is 0.943. The molecule has 130 valence electrons. The highest BCUT2D eigenvalue weighted by Gasteiger charge is 2.20. The highest BCUT2D eigenvalue weighted by Crippen LogP contribution is 2.25. The summed E-state index contributed by atoms with van der Waals surface area (Å²) in [6.45, 7) is 7.98. The van der Waals surface area contributed by atoms with Gasteiger partial charge in [-0.1, -0.05) is 23.7 Å². The zero-order valence-electron chi connectivity index (χ0n) is 13.8. The van der Waals surface area contributed by atoms with Crippen LogP contribution in [-0.4, -0.2) is 63.8 Å². The number of halogens is 2. The van der Waals surface area contributed by atoms with Crippen molar-refractivity contribution in [2.75, 3.05) is 57.9 Å². The van der Waals surface area contributed by atoms with Crippen molar-refractivity contribution in [2.45, 2.75) is 6.92 Å². The predicted molar refractivity (Wildman–Crippen MR) is 109 cm³/mol. The lowest BCUT2D eigenvalue weighted by Gasteiger charge is -2.38. The van der Waals surface area contributed by atoms with Crippen molar-refractivity contribution < 1.29 is 4.74 Å². The Hall–Kier alpha value is -0.730. The number of guanidine groups is 1. The van der Waals surface area contributed by atoms with Gasteiger partial charge in [0, 0.05) is 46.4 Å². The first kappa shape index (κ1) is 20.3. The van der Waals surface area contributed by atoms with Crippen LogP contribution in [0.4, 0.5) is 5.69 Å². The van der Waals surface area contributed by atoms with E-state index in [1.807, 2.05) is 32.2 Å². The third-order valence-electron chi connectivity index (χ3n) is 3.72. The molecule has 1 heterocycles. The van der Waals surface area contributed by atoms with Crippen LogP contribution in [0.25, 0.3) is 0 Å². The number of hydrogen-bond donors (Lipinski definition) is 1. The van der Waals surface area contributed by atoms with Crippen molar-refractivity contribution in [1.29, 1.82) is 0 Å². The Morgan fingerprint density at radius 3 is 2.57 bits per heavy atom. The number of aliphatic imine (C=N–C) groups is 1. The van der Waals surface area contributed by atoms with E-state index in [-0.39, 0.29) is 24.0 Å². The van der Waals surface area contributed by atoms with Gasteiger partial charge in [0.25, 0.3) is 0 Å². The number of ether oxygens (including phenoxy) is 1. The molecule has 0 unspecified atom stereocenters. The second kappa shape index (κ2) is 10.9. The van der Waals surface area contributed by atoms with Gasteiger partial charge in [0.15, 0.2) is 5.96 Å². The molecular formula is C16H26ClIN4O. The molecule has 2 rings (SSSR count). The maximum atomic E-state index is 6.28. The molecule has 1 N–H and O–H groups in total. The zero-order chi connectivity index (χ0) is 15.8. The standard InChI is InChI=1S/C16H25ClN4O.HI/c1-3-22-13-8-19-16(18-2)21-11-9-20(10-12-21)15-7-5-4-6-14(15)17;/h4-7H,3,8-13H2,1-2H3,(H,18,19);1H. The van der Waals surface area contributed by atoms with Gasteiger partial charge in [0.1, 0.15) is 0 Å². The summed E-state index contributed by atoms with van der Waals surface area (Å²) in [4.78, 5) is 8.96. The quantitative estimate of drug-likeness (QED) is 0.323. The van der Waals surface area contributed by atoms with Gasteiger partial charge in [-0.2, -0.15) is 0 Å². The molecule has 0 aliphatic carbocycles. The first-order chi connectivity index (χ1) is 10.8. The van der Waals surface area contributed by atoms with E-state index in [9.17, 15) is 0 Å². The summed E-state index contributed by atoms with van der Waals surface area (Å²) in [6.07, 6.45) is 0. The summed E-state index contributed by atoms with van der Waals surface area (Å²) < 4.78 is 5.34. The number of hydrogen-bond acceptors (Lipinski definition) is 3. The van der Waals surface area contributed by atoms with Crippen molar-refractivity contribution in [2.24, 2.45) is 4.99 Å². The van der Waals surface area contributed by atoms with E-state index in [2.05, 4.69) is 26.2 Å². The molecular weight excluding hydrogens is 427 g/mol. The molecule has 5 nitrogen and oxygen atoms in total. The Labute approximate surface area is 161 Å². The van der Waals surface area contributed by atoms with Crippen LogP contribution in [-0.2, 0) is 4.74 Å². The maximum Gasteiger partial charge on any atom is 0.193 e. The van der Waals surface area contributed by atoms with Crippen LogP contribution in [0, 0.1) is 0 Å². The molecule has 1 fully saturated rings. The van der Waals surface area contributed by atoms with Gasteiger partial charge in [-0.25, -0.2) is 0 Å². The number of benzene rings is 1. The maximum absolute atomic E-state index is 6.28. The van der Waals surface area contributed by atoms with E-state index in [4.69, 9.17) is 16.3 Å². The van der Waals surface area contributed by atoms with Gasteiger partial charge in [-0.15, -0.1) is 24.0 Å². The fourth-order valence-electron chi connectivity index (χ4n) is 2.58. The summed E-state index contributed by atoms with van der Waals surface area (Å²) in [7, 11) is 1.82. The second-order valence-electron chi connectivity index (χ2n) is 5.10. The van der Waals surface area contributed by atoms with Crippen LogP contribution in [0.2, 0.25) is 5.02 Å². The molecule has 1 saturated heterocycles. The van der Waals surface area contributed by atoms with E-state index in [1.165, 1.54) is 0 Å². The first-order valence-electron chi connectivity index (χ1n) is 7.79. The average Bonchev–Trinajstić information content (AvgIpc) is 2.56. The first-order valence-corrected chi connectivity index (χ1v) is 8.17. The summed E-state index contributed by atoms with van der Waals surface area (Å²) >= 11 is 6.28. The van der Waals surface area contributed by atoms with E-state index < -0.39 is 0 Å². The van der Waals surface area contributed by atoms with Gasteiger partial charge in [0.2, 0.25) is 0 Å². The monoisotopic (exact) mass is 452 g/mol. The number of rotatable bonds is 5.